The molecule has 0 rings (SSSR count). The summed E-state index contributed by atoms with van der Waals surface area (Å²) >= 11 is 0. The summed E-state index contributed by atoms with van der Waals surface area (Å²) in [7, 11) is 0. The molecule has 0 atom stereocenters. The van der Waals surface area contributed by atoms with Gasteiger partial charge in [-0.1, -0.05) is 29.7 Å². The van der Waals surface area contributed by atoms with Crippen molar-refractivity contribution in [3.05, 3.63) is 0 Å². The van der Waals surface area contributed by atoms with Gasteiger partial charge in [0.1, 0.15) is 0 Å². The molecule has 0 aromatic carbocycles. The van der Waals surface area contributed by atoms with Crippen LogP contribution < -0.4 is 57.5 Å². The summed E-state index contributed by atoms with van der Waals surface area (Å²) in [5, 5.41) is 0. The molecule has 0 aliphatic heterocycles. The first kappa shape index (κ1) is 102. The van der Waals surface area contributed by atoms with Gasteiger partial charge in [0.15, 0.2) is 0 Å². The molecule has 0 bridgehead atoms. The van der Waals surface area contributed by atoms with E-state index in [9.17, 15) is 0 Å². The number of hydrogen-bond acceptors (Lipinski definition) is 1. The van der Waals surface area contributed by atoms with E-state index in [1.54, 1.807) is 0 Å². The van der Waals surface area contributed by atoms with Crippen LogP contribution in [0.3, 0.4) is 0 Å². The van der Waals surface area contributed by atoms with Gasteiger partial charge in [0.05, 0.1) is 0 Å². The molecule has 0 aliphatic rings. The Morgan fingerprint density at radius 3 is 0.700 bits per heavy atom. The topological polar surface area (TPSA) is 35.0 Å². The van der Waals surface area contributed by atoms with Gasteiger partial charge in [0.25, 0.3) is 0 Å². The average Bonchev–Trinajstić information content (AvgIpc) is 0. The fraction of sp³-hybridized carbons (Fsp3) is 1.00. The van der Waals surface area contributed by atoms with Gasteiger partial charge in [-0.15, -0.1) is 0 Å². The molecule has 0 aromatic heterocycles. The van der Waals surface area contributed by atoms with Gasteiger partial charge < -0.3 is 7.58 Å². The molecule has 0 heterocycles. The van der Waals surface area contributed by atoms with Crippen molar-refractivity contribution in [3.63, 3.8) is 0 Å². The van der Waals surface area contributed by atoms with Gasteiger partial charge >= 0.3 is 51.4 Å². The molecule has 0 aliphatic carbocycles. The number of hydrogen-bond donors (Lipinski definition) is 1. The van der Waals surface area contributed by atoms with Gasteiger partial charge in [-0.25, -0.2) is 0 Å². The van der Waals surface area contributed by atoms with Crippen molar-refractivity contribution in [1.82, 2.24) is 6.15 Å². The molecule has 0 spiro atoms. The first-order valence-electron chi connectivity index (χ1n) is 0. The van der Waals surface area contributed by atoms with Crippen molar-refractivity contribution in [3.8, 4) is 0 Å². The minimum absolute atomic E-state index is 0. The van der Waals surface area contributed by atoms with E-state index >= 15 is 0 Å². The van der Waals surface area contributed by atoms with E-state index in [2.05, 4.69) is 0 Å². The van der Waals surface area contributed by atoms with E-state index in [1.807, 2.05) is 0 Å². The SMILES string of the molecule is C.C.C.C.N.[H-].[HH].[K+].[U].[U].[U].[Y]. The monoisotopic (exact) mass is 926 g/mol. The minimum Gasteiger partial charge on any atom is -1.00 e. The Bertz CT molecular complexity index is 28.3. The Hall–Kier alpha value is 5.86. The van der Waals surface area contributed by atoms with Gasteiger partial charge in [0, 0.05) is 127 Å². The van der Waals surface area contributed by atoms with Crippen LogP contribution in [0.4, 0.5) is 0 Å². The second kappa shape index (κ2) is 83.2. The van der Waals surface area contributed by atoms with E-state index in [0.717, 1.165) is 0 Å². The van der Waals surface area contributed by atoms with Crippen LogP contribution in [0.5, 0.6) is 0 Å². The molecule has 0 amide bonds. The molecule has 0 unspecified atom stereocenters. The predicted octanol–water partition coefficient (Wildman–Crippen LogP) is 0.0664. The quantitative estimate of drug-likeness (QED) is 0.344. The third kappa shape index (κ3) is 66.8. The molecule has 0 fully saturated rings. The molecule has 0 saturated heterocycles. The van der Waals surface area contributed by atoms with Crippen molar-refractivity contribution in [2.75, 3.05) is 0 Å². The van der Waals surface area contributed by atoms with Crippen molar-refractivity contribution < 1.29 is 180 Å². The van der Waals surface area contributed by atoms with Crippen molar-refractivity contribution in [2.45, 2.75) is 29.7 Å². The first-order valence-corrected chi connectivity index (χ1v) is 0. The third-order valence-electron chi connectivity index (χ3n) is 0. The van der Waals surface area contributed by atoms with Crippen molar-refractivity contribution in [1.29, 1.82) is 0 Å². The molecular formula is C4H22KNU3Y. The van der Waals surface area contributed by atoms with Crippen molar-refractivity contribution in [2.24, 2.45) is 0 Å². The van der Waals surface area contributed by atoms with Crippen LogP contribution in [-0.2, 0) is 32.7 Å². The molecular weight excluding hydrogens is 904 g/mol. The molecule has 6 heteroatoms. The molecule has 1 radical (unpaired) electrons. The second-order valence-corrected chi connectivity index (χ2v) is 0. The molecule has 10 heavy (non-hydrogen) atoms. The normalized spacial score (nSPS) is 0. The van der Waals surface area contributed by atoms with Gasteiger partial charge in [-0.2, -0.15) is 0 Å². The zero-order valence-electron chi connectivity index (χ0n) is 4.78. The first-order chi connectivity index (χ1) is 0. The fourth-order valence-electron chi connectivity index (χ4n) is 0. The largest absolute Gasteiger partial charge is 1.00 e. The summed E-state index contributed by atoms with van der Waals surface area (Å²) < 4.78 is 0. The van der Waals surface area contributed by atoms with Crippen LogP contribution in [0.25, 0.3) is 0 Å². The molecule has 59 valence electrons. The van der Waals surface area contributed by atoms with Crippen LogP contribution in [-0.4, -0.2) is 0 Å². The summed E-state index contributed by atoms with van der Waals surface area (Å²) in [6.45, 7) is 0. The van der Waals surface area contributed by atoms with Crippen molar-refractivity contribution >= 4 is 0 Å². The summed E-state index contributed by atoms with van der Waals surface area (Å²) in [6, 6.07) is 0. The zero-order valence-corrected chi connectivity index (χ0v) is 22.2. The van der Waals surface area contributed by atoms with E-state index in [-0.39, 0.29) is 216 Å². The van der Waals surface area contributed by atoms with Crippen LogP contribution in [0.1, 0.15) is 32.6 Å². The second-order valence-electron chi connectivity index (χ2n) is 0. The van der Waals surface area contributed by atoms with E-state index in [4.69, 9.17) is 0 Å². The summed E-state index contributed by atoms with van der Waals surface area (Å²) in [5.74, 6) is 0. The van der Waals surface area contributed by atoms with Crippen LogP contribution in [0, 0.1) is 93.3 Å². The molecule has 0 aromatic rings. The molecule has 3 N–H and O–H groups in total. The third-order valence-corrected chi connectivity index (χ3v) is 0. The Balaban J connectivity index is 0. The Morgan fingerprint density at radius 2 is 0.700 bits per heavy atom. The Labute approximate surface area is 210 Å². The fourth-order valence-corrected chi connectivity index (χ4v) is 0. The maximum Gasteiger partial charge on any atom is 1.00 e. The van der Waals surface area contributed by atoms with Gasteiger partial charge in [-0.3, -0.25) is 0 Å². The summed E-state index contributed by atoms with van der Waals surface area (Å²) in [5.41, 5.74) is 0. The summed E-state index contributed by atoms with van der Waals surface area (Å²) in [6.07, 6.45) is 0. The number of rotatable bonds is 0. The zero-order chi connectivity index (χ0) is 0. The van der Waals surface area contributed by atoms with E-state index in [0.29, 0.717) is 0 Å². The Kier molecular flexibility index (Phi) is 849. The van der Waals surface area contributed by atoms with E-state index in [1.165, 1.54) is 0 Å². The Morgan fingerprint density at radius 1 is 0.700 bits per heavy atom. The minimum atomic E-state index is 0. The van der Waals surface area contributed by atoms with Gasteiger partial charge in [-0.05, 0) is 0 Å². The van der Waals surface area contributed by atoms with Crippen LogP contribution >= 0.6 is 0 Å². The van der Waals surface area contributed by atoms with E-state index < -0.39 is 0 Å². The molecule has 0 saturated carbocycles. The predicted molar refractivity (Wildman–Crippen MR) is 35.2 cm³/mol. The van der Waals surface area contributed by atoms with Crippen LogP contribution in [0.2, 0.25) is 0 Å². The van der Waals surface area contributed by atoms with Gasteiger partial charge in [0.2, 0.25) is 0 Å². The van der Waals surface area contributed by atoms with Crippen LogP contribution in [0.15, 0.2) is 0 Å². The maximum atomic E-state index is 0. The summed E-state index contributed by atoms with van der Waals surface area (Å²) in [4.78, 5) is 0. The maximum absolute atomic E-state index is 0. The smallest absolute Gasteiger partial charge is 1.00 e. The molecule has 1 nitrogen and oxygen atoms in total. The standard InChI is InChI=1S/4CH4.K.H3N.3U.Y.H2.H/h4*1H4;;1H3;;;;;1H;/q;;;;+1;;;;;;;-1. The average molecular weight is 926 g/mol.